The molecule has 150 valence electrons. The molecule has 1 saturated heterocycles. The summed E-state index contributed by atoms with van der Waals surface area (Å²) in [6, 6.07) is 16.7. The highest BCUT2D eigenvalue weighted by atomic mass is 35.5. The summed E-state index contributed by atoms with van der Waals surface area (Å²) in [5, 5.41) is 11.2. The van der Waals surface area contributed by atoms with Crippen LogP contribution >= 0.6 is 23.4 Å². The number of non-ortho nitro benzene ring substituents is 1. The fourth-order valence-corrected chi connectivity index (χ4v) is 4.09. The van der Waals surface area contributed by atoms with Crippen molar-refractivity contribution in [2.75, 3.05) is 0 Å². The number of hydrogen-bond donors (Lipinski definition) is 0. The van der Waals surface area contributed by atoms with Gasteiger partial charge in [-0.05, 0) is 47.7 Å². The summed E-state index contributed by atoms with van der Waals surface area (Å²) in [6.45, 7) is 0.0908. The predicted octanol–water partition coefficient (Wildman–Crippen LogP) is 5.28. The van der Waals surface area contributed by atoms with Crippen LogP contribution in [0.5, 0.6) is 0 Å². The monoisotopic (exact) mass is 439 g/mol. The molecule has 1 fully saturated rings. The topological polar surface area (TPSA) is 85.5 Å². The molecule has 2 amide bonds. The smallest absolute Gasteiger partial charge is 0.293 e. The Morgan fingerprint density at radius 2 is 1.87 bits per heavy atom. The molecule has 0 spiro atoms. The molecular formula is C21H14ClN3O4S. The van der Waals surface area contributed by atoms with Gasteiger partial charge in [0.25, 0.3) is 16.8 Å². The number of benzene rings is 2. The highest BCUT2D eigenvalue weighted by Crippen LogP contribution is 2.34. The van der Waals surface area contributed by atoms with E-state index in [1.807, 2.05) is 0 Å². The van der Waals surface area contributed by atoms with Crippen molar-refractivity contribution in [2.24, 2.45) is 0 Å². The molecule has 9 heteroatoms. The first-order chi connectivity index (χ1) is 14.4. The van der Waals surface area contributed by atoms with Crippen LogP contribution in [0.1, 0.15) is 11.3 Å². The molecule has 2 aromatic carbocycles. The van der Waals surface area contributed by atoms with Crippen molar-refractivity contribution in [2.45, 2.75) is 6.54 Å². The minimum absolute atomic E-state index is 0.0350. The third kappa shape index (κ3) is 3.87. The van der Waals surface area contributed by atoms with Gasteiger partial charge in [-0.15, -0.1) is 0 Å². The quantitative estimate of drug-likeness (QED) is 0.307. The largest absolute Gasteiger partial charge is 0.317 e. The lowest BCUT2D eigenvalue weighted by Gasteiger charge is -2.13. The molecule has 0 radical (unpaired) electrons. The number of carbonyl (C=O) groups excluding carboxylic acids is 2. The van der Waals surface area contributed by atoms with Gasteiger partial charge in [0.05, 0.1) is 22.1 Å². The minimum Gasteiger partial charge on any atom is -0.317 e. The second-order valence-electron chi connectivity index (χ2n) is 6.44. The molecule has 0 N–H and O–H groups in total. The van der Waals surface area contributed by atoms with E-state index in [0.717, 1.165) is 16.7 Å². The van der Waals surface area contributed by atoms with Gasteiger partial charge in [-0.1, -0.05) is 35.9 Å². The van der Waals surface area contributed by atoms with Crippen molar-refractivity contribution in [1.29, 1.82) is 0 Å². The van der Waals surface area contributed by atoms with Gasteiger partial charge in [0.2, 0.25) is 0 Å². The van der Waals surface area contributed by atoms with Gasteiger partial charge >= 0.3 is 0 Å². The Labute approximate surface area is 180 Å². The van der Waals surface area contributed by atoms with Gasteiger partial charge < -0.3 is 4.57 Å². The van der Waals surface area contributed by atoms with E-state index in [0.29, 0.717) is 22.0 Å². The van der Waals surface area contributed by atoms with Crippen LogP contribution in [-0.2, 0) is 11.3 Å². The fourth-order valence-electron chi connectivity index (χ4n) is 3.07. The zero-order chi connectivity index (χ0) is 21.3. The summed E-state index contributed by atoms with van der Waals surface area (Å²) in [5.74, 6) is -0.406. The number of aromatic nitrogens is 1. The van der Waals surface area contributed by atoms with E-state index < -0.39 is 10.8 Å². The van der Waals surface area contributed by atoms with Crippen LogP contribution in [0.3, 0.4) is 0 Å². The average Bonchev–Trinajstić information content (AvgIpc) is 3.30. The van der Waals surface area contributed by atoms with E-state index in [9.17, 15) is 19.7 Å². The maximum absolute atomic E-state index is 12.8. The predicted molar refractivity (Wildman–Crippen MR) is 115 cm³/mol. The first kappa shape index (κ1) is 19.9. The fraction of sp³-hybridized carbons (Fsp3) is 0.0476. The molecule has 0 bridgehead atoms. The maximum atomic E-state index is 12.8. The number of thioether (sulfide) groups is 1. The molecule has 0 atom stereocenters. The van der Waals surface area contributed by atoms with E-state index in [-0.39, 0.29) is 22.4 Å². The first-order valence-electron chi connectivity index (χ1n) is 8.85. The van der Waals surface area contributed by atoms with Crippen LogP contribution in [0, 0.1) is 10.1 Å². The highest BCUT2D eigenvalue weighted by Gasteiger charge is 2.35. The molecular weight excluding hydrogens is 426 g/mol. The molecule has 0 saturated carbocycles. The second-order valence-corrected chi connectivity index (χ2v) is 7.84. The zero-order valence-electron chi connectivity index (χ0n) is 15.4. The molecule has 0 aliphatic carbocycles. The lowest BCUT2D eigenvalue weighted by Crippen LogP contribution is -2.27. The molecule has 3 aromatic rings. The lowest BCUT2D eigenvalue weighted by molar-refractivity contribution is -0.384. The molecule has 1 aliphatic rings. The Hall–Kier alpha value is -3.36. The number of rotatable bonds is 5. The summed E-state index contributed by atoms with van der Waals surface area (Å²) in [6.07, 6.45) is 3.34. The SMILES string of the molecule is O=C1SC(=Cc2cccn2-c2cccc([N+](=O)[O-])c2)C(=O)N1Cc1ccccc1Cl. The lowest BCUT2D eigenvalue weighted by atomic mass is 10.2. The number of nitro groups is 1. The van der Waals surface area contributed by atoms with Crippen LogP contribution in [0.2, 0.25) is 5.02 Å². The summed E-state index contributed by atoms with van der Waals surface area (Å²) >= 11 is 7.00. The van der Waals surface area contributed by atoms with Crippen LogP contribution in [0.15, 0.2) is 71.8 Å². The number of amides is 2. The van der Waals surface area contributed by atoms with Gasteiger partial charge in [0, 0.05) is 29.0 Å². The zero-order valence-corrected chi connectivity index (χ0v) is 17.0. The van der Waals surface area contributed by atoms with Crippen LogP contribution in [0.4, 0.5) is 10.5 Å². The molecule has 7 nitrogen and oxygen atoms in total. The van der Waals surface area contributed by atoms with Gasteiger partial charge in [0.1, 0.15) is 0 Å². The third-order valence-electron chi connectivity index (χ3n) is 4.54. The molecule has 1 aromatic heterocycles. The van der Waals surface area contributed by atoms with Crippen molar-refractivity contribution >= 4 is 46.3 Å². The normalized spacial score (nSPS) is 15.2. The van der Waals surface area contributed by atoms with Gasteiger partial charge in [-0.3, -0.25) is 24.6 Å². The standard InChI is InChI=1S/C21H14ClN3O4S/c22-18-9-2-1-5-14(18)13-24-20(26)19(30-21(24)27)12-16-8-4-10-23(16)15-6-3-7-17(11-15)25(28)29/h1-12H,13H2. The Morgan fingerprint density at radius 1 is 1.07 bits per heavy atom. The van der Waals surface area contributed by atoms with E-state index in [1.165, 1.54) is 12.1 Å². The third-order valence-corrected chi connectivity index (χ3v) is 5.81. The first-order valence-corrected chi connectivity index (χ1v) is 10.0. The van der Waals surface area contributed by atoms with Gasteiger partial charge in [-0.2, -0.15) is 0 Å². The van der Waals surface area contributed by atoms with E-state index >= 15 is 0 Å². The van der Waals surface area contributed by atoms with Crippen molar-refractivity contribution in [3.63, 3.8) is 0 Å². The summed E-state index contributed by atoms with van der Waals surface area (Å²) < 4.78 is 1.72. The summed E-state index contributed by atoms with van der Waals surface area (Å²) in [5.41, 5.74) is 1.85. The Bertz CT molecular complexity index is 1200. The Balaban J connectivity index is 1.63. The molecule has 4 rings (SSSR count). The van der Waals surface area contributed by atoms with E-state index in [1.54, 1.807) is 65.4 Å². The Morgan fingerprint density at radius 3 is 2.63 bits per heavy atom. The van der Waals surface area contributed by atoms with Crippen molar-refractivity contribution < 1.29 is 14.5 Å². The van der Waals surface area contributed by atoms with E-state index in [2.05, 4.69) is 0 Å². The summed E-state index contributed by atoms with van der Waals surface area (Å²) in [4.78, 5) is 37.3. The minimum atomic E-state index is -0.466. The van der Waals surface area contributed by atoms with Crippen LogP contribution in [-0.4, -0.2) is 25.5 Å². The van der Waals surface area contributed by atoms with Gasteiger partial charge in [-0.25, -0.2) is 0 Å². The number of imide groups is 1. The van der Waals surface area contributed by atoms with Crippen LogP contribution in [0.25, 0.3) is 11.8 Å². The molecule has 0 unspecified atom stereocenters. The van der Waals surface area contributed by atoms with Crippen molar-refractivity contribution in [3.8, 4) is 5.69 Å². The van der Waals surface area contributed by atoms with Gasteiger partial charge in [0.15, 0.2) is 0 Å². The molecule has 30 heavy (non-hydrogen) atoms. The maximum Gasteiger partial charge on any atom is 0.293 e. The molecule has 1 aliphatic heterocycles. The van der Waals surface area contributed by atoms with Crippen molar-refractivity contribution in [3.05, 3.63) is 98.2 Å². The number of nitro benzene ring substituents is 1. The second kappa shape index (κ2) is 8.17. The number of halogens is 1. The van der Waals surface area contributed by atoms with E-state index in [4.69, 9.17) is 11.6 Å². The highest BCUT2D eigenvalue weighted by molar-refractivity contribution is 8.18. The molecule has 2 heterocycles. The average molecular weight is 440 g/mol. The number of nitrogens with zero attached hydrogens (tertiary/aromatic N) is 3. The number of carbonyl (C=O) groups is 2. The van der Waals surface area contributed by atoms with Crippen LogP contribution < -0.4 is 0 Å². The Kier molecular flexibility index (Phi) is 5.43. The summed E-state index contributed by atoms with van der Waals surface area (Å²) in [7, 11) is 0. The van der Waals surface area contributed by atoms with Crippen molar-refractivity contribution in [1.82, 2.24) is 9.47 Å². The number of hydrogen-bond acceptors (Lipinski definition) is 5.